The van der Waals surface area contributed by atoms with Crippen LogP contribution in [0.2, 0.25) is 0 Å². The first-order chi connectivity index (χ1) is 9.51. The van der Waals surface area contributed by atoms with Crippen LogP contribution in [0.3, 0.4) is 0 Å². The van der Waals surface area contributed by atoms with Gasteiger partial charge in [-0.2, -0.15) is 0 Å². The van der Waals surface area contributed by atoms with Crippen molar-refractivity contribution in [2.75, 3.05) is 12.3 Å². The summed E-state index contributed by atoms with van der Waals surface area (Å²) in [5.74, 6) is 0.457. The Hall–Kier alpha value is -1.91. The van der Waals surface area contributed by atoms with E-state index in [1.165, 1.54) is 12.1 Å². The molecule has 0 atom stereocenters. The number of allylic oxidation sites excluding steroid dienone is 1. The number of rotatable bonds is 5. The van der Waals surface area contributed by atoms with E-state index in [0.717, 1.165) is 5.57 Å². The molecule has 1 aromatic carbocycles. The molecule has 1 aromatic rings. The van der Waals surface area contributed by atoms with E-state index in [1.54, 1.807) is 6.07 Å². The van der Waals surface area contributed by atoms with Gasteiger partial charge in [0.25, 0.3) is 6.43 Å². The lowest BCUT2D eigenvalue weighted by Crippen LogP contribution is -2.10. The van der Waals surface area contributed by atoms with Crippen LogP contribution in [0.25, 0.3) is 0 Å². The Morgan fingerprint density at radius 2 is 2.15 bits per heavy atom. The molecule has 0 bridgehead atoms. The summed E-state index contributed by atoms with van der Waals surface area (Å²) in [5.41, 5.74) is 7.14. The van der Waals surface area contributed by atoms with E-state index in [-0.39, 0.29) is 12.2 Å². The second kappa shape index (κ2) is 7.62. The van der Waals surface area contributed by atoms with Gasteiger partial charge in [-0.25, -0.2) is 8.78 Å². The second-order valence-corrected chi connectivity index (χ2v) is 4.26. The van der Waals surface area contributed by atoms with Gasteiger partial charge in [0.1, 0.15) is 6.61 Å². The molecule has 0 aliphatic rings. The lowest BCUT2D eigenvalue weighted by atomic mass is 10.1. The first kappa shape index (κ1) is 16.1. The van der Waals surface area contributed by atoms with Gasteiger partial charge in [0.05, 0.1) is 0 Å². The molecular formula is C15H20F2N2O. The van der Waals surface area contributed by atoms with E-state index in [2.05, 4.69) is 4.99 Å². The molecular weight excluding hydrogens is 262 g/mol. The number of hydrogen-bond donors (Lipinski definition) is 1. The molecule has 0 aliphatic carbocycles. The van der Waals surface area contributed by atoms with Crippen molar-refractivity contribution in [3.8, 4) is 0 Å². The van der Waals surface area contributed by atoms with E-state index >= 15 is 0 Å². The highest BCUT2D eigenvalue weighted by Gasteiger charge is 2.16. The number of aliphatic imine (C=N–C) groups is 1. The first-order valence-electron chi connectivity index (χ1n) is 6.47. The zero-order valence-electron chi connectivity index (χ0n) is 12.0. The van der Waals surface area contributed by atoms with Gasteiger partial charge in [0.2, 0.25) is 5.90 Å². The lowest BCUT2D eigenvalue weighted by Gasteiger charge is -2.14. The van der Waals surface area contributed by atoms with Crippen LogP contribution in [-0.4, -0.2) is 12.4 Å². The first-order valence-corrected chi connectivity index (χ1v) is 6.47. The molecule has 0 saturated heterocycles. The molecule has 1 rings (SSSR count). The van der Waals surface area contributed by atoms with Gasteiger partial charge in [0, 0.05) is 28.9 Å². The summed E-state index contributed by atoms with van der Waals surface area (Å²) >= 11 is 0. The van der Waals surface area contributed by atoms with E-state index < -0.39 is 6.43 Å². The molecule has 0 spiro atoms. The number of ether oxygens (including phenoxy) is 1. The second-order valence-electron chi connectivity index (χ2n) is 4.26. The van der Waals surface area contributed by atoms with Crippen LogP contribution in [0.4, 0.5) is 14.5 Å². The topological polar surface area (TPSA) is 47.6 Å². The maximum Gasteiger partial charge on any atom is 0.264 e. The third kappa shape index (κ3) is 4.05. The summed E-state index contributed by atoms with van der Waals surface area (Å²) in [4.78, 5) is 4.21. The van der Waals surface area contributed by atoms with Crippen molar-refractivity contribution in [1.29, 1.82) is 0 Å². The minimum atomic E-state index is -2.58. The van der Waals surface area contributed by atoms with Gasteiger partial charge in [-0.15, -0.1) is 0 Å². The Balaban J connectivity index is 2.97. The standard InChI is InChI=1S/C15H20F2N2O/c1-4-10(3)15(19-5-2)20-9-12-11(14(16)17)7-6-8-13(12)18/h4,6-8,14H,5,9,18H2,1-3H3/b10-4-,19-15?. The fraction of sp³-hybridized carbons (Fsp3) is 0.400. The van der Waals surface area contributed by atoms with E-state index in [4.69, 9.17) is 10.5 Å². The van der Waals surface area contributed by atoms with Crippen LogP contribution in [0, 0.1) is 0 Å². The molecule has 3 nitrogen and oxygen atoms in total. The van der Waals surface area contributed by atoms with Crippen LogP contribution in [0.15, 0.2) is 34.8 Å². The monoisotopic (exact) mass is 282 g/mol. The molecule has 0 aliphatic heterocycles. The van der Waals surface area contributed by atoms with Crippen molar-refractivity contribution in [1.82, 2.24) is 0 Å². The maximum absolute atomic E-state index is 13.0. The van der Waals surface area contributed by atoms with Crippen molar-refractivity contribution in [3.05, 3.63) is 41.0 Å². The molecule has 0 amide bonds. The molecule has 2 N–H and O–H groups in total. The smallest absolute Gasteiger partial charge is 0.264 e. The molecule has 0 fully saturated rings. The van der Waals surface area contributed by atoms with Crippen LogP contribution >= 0.6 is 0 Å². The fourth-order valence-electron chi connectivity index (χ4n) is 1.69. The van der Waals surface area contributed by atoms with Gasteiger partial charge < -0.3 is 10.5 Å². The Bertz CT molecular complexity index is 511. The quantitative estimate of drug-likeness (QED) is 0.502. The van der Waals surface area contributed by atoms with Crippen LogP contribution < -0.4 is 5.73 Å². The molecule has 0 aromatic heterocycles. The van der Waals surface area contributed by atoms with E-state index in [1.807, 2.05) is 26.8 Å². The van der Waals surface area contributed by atoms with Crippen LogP contribution in [0.5, 0.6) is 0 Å². The van der Waals surface area contributed by atoms with Crippen molar-refractivity contribution in [3.63, 3.8) is 0 Å². The number of halogens is 2. The zero-order chi connectivity index (χ0) is 15.1. The SMILES string of the molecule is C/C=C(/C)C(=NCC)OCc1c(N)cccc1C(F)F. The van der Waals surface area contributed by atoms with Crippen molar-refractivity contribution < 1.29 is 13.5 Å². The largest absolute Gasteiger partial charge is 0.473 e. The highest BCUT2D eigenvalue weighted by molar-refractivity contribution is 5.92. The molecule has 110 valence electrons. The molecule has 0 heterocycles. The molecule has 5 heteroatoms. The Morgan fingerprint density at radius 3 is 2.70 bits per heavy atom. The number of nitrogens with zero attached hydrogens (tertiary/aromatic N) is 1. The summed E-state index contributed by atoms with van der Waals surface area (Å²) in [6.45, 7) is 6.15. The van der Waals surface area contributed by atoms with E-state index in [9.17, 15) is 8.78 Å². The van der Waals surface area contributed by atoms with Gasteiger partial charge in [0.15, 0.2) is 0 Å². The van der Waals surface area contributed by atoms with Gasteiger partial charge in [-0.1, -0.05) is 18.2 Å². The summed E-state index contributed by atoms with van der Waals surface area (Å²) in [5, 5.41) is 0. The predicted molar refractivity (Wildman–Crippen MR) is 78.0 cm³/mol. The van der Waals surface area contributed by atoms with Gasteiger partial charge in [-0.05, 0) is 26.8 Å². The van der Waals surface area contributed by atoms with Gasteiger partial charge >= 0.3 is 0 Å². The highest BCUT2D eigenvalue weighted by atomic mass is 19.3. The Kier molecular flexibility index (Phi) is 6.15. The molecule has 0 radical (unpaired) electrons. The van der Waals surface area contributed by atoms with Crippen molar-refractivity contribution >= 4 is 11.6 Å². The summed E-state index contributed by atoms with van der Waals surface area (Å²) in [6, 6.07) is 4.46. The van der Waals surface area contributed by atoms with E-state index in [0.29, 0.717) is 23.7 Å². The van der Waals surface area contributed by atoms with Crippen molar-refractivity contribution in [2.24, 2.45) is 4.99 Å². The average Bonchev–Trinajstić information content (AvgIpc) is 2.43. The number of benzene rings is 1. The lowest BCUT2D eigenvalue weighted by molar-refractivity contribution is 0.147. The van der Waals surface area contributed by atoms with Crippen LogP contribution in [0.1, 0.15) is 38.3 Å². The molecule has 0 unspecified atom stereocenters. The minimum Gasteiger partial charge on any atom is -0.473 e. The summed E-state index contributed by atoms with van der Waals surface area (Å²) < 4.78 is 31.5. The summed E-state index contributed by atoms with van der Waals surface area (Å²) in [6.07, 6.45) is -0.719. The maximum atomic E-state index is 13.0. The number of hydrogen-bond acceptors (Lipinski definition) is 3. The third-order valence-electron chi connectivity index (χ3n) is 2.91. The normalized spacial score (nSPS) is 12.9. The number of nitrogens with two attached hydrogens (primary N) is 1. The minimum absolute atomic E-state index is 0.0175. The predicted octanol–water partition coefficient (Wildman–Crippen LogP) is 4.11. The Morgan fingerprint density at radius 1 is 1.45 bits per heavy atom. The highest BCUT2D eigenvalue weighted by Crippen LogP contribution is 2.27. The number of alkyl halides is 2. The third-order valence-corrected chi connectivity index (χ3v) is 2.91. The fourth-order valence-corrected chi connectivity index (χ4v) is 1.69. The average molecular weight is 282 g/mol. The zero-order valence-corrected chi connectivity index (χ0v) is 12.0. The summed E-state index contributed by atoms with van der Waals surface area (Å²) in [7, 11) is 0. The Labute approximate surface area is 118 Å². The number of nitrogen functional groups attached to an aromatic ring is 1. The molecule has 20 heavy (non-hydrogen) atoms. The molecule has 0 saturated carbocycles. The number of anilines is 1. The van der Waals surface area contributed by atoms with Crippen LogP contribution in [-0.2, 0) is 11.3 Å². The van der Waals surface area contributed by atoms with Gasteiger partial charge in [-0.3, -0.25) is 4.99 Å². The van der Waals surface area contributed by atoms with Crippen molar-refractivity contribution in [2.45, 2.75) is 33.8 Å².